The minimum atomic E-state index is -1.01. The van der Waals surface area contributed by atoms with Crippen LogP contribution in [-0.4, -0.2) is 27.1 Å². The van der Waals surface area contributed by atoms with Crippen molar-refractivity contribution >= 4 is 35.3 Å². The summed E-state index contributed by atoms with van der Waals surface area (Å²) >= 11 is 5.14. The Hall–Kier alpha value is -3.78. The van der Waals surface area contributed by atoms with Crippen molar-refractivity contribution in [2.75, 3.05) is 0 Å². The molecule has 3 aromatic rings. The molecule has 0 radical (unpaired) electrons. The van der Waals surface area contributed by atoms with Gasteiger partial charge in [0.05, 0.1) is 12.1 Å². The van der Waals surface area contributed by atoms with Crippen LogP contribution in [0.5, 0.6) is 0 Å². The van der Waals surface area contributed by atoms with Gasteiger partial charge in [0.15, 0.2) is 5.76 Å². The Morgan fingerprint density at radius 2 is 1.77 bits per heavy atom. The number of thiocarbonyl (C=S) groups is 1. The van der Waals surface area contributed by atoms with E-state index < -0.39 is 11.9 Å². The Bertz CT molecular complexity index is 1160. The summed E-state index contributed by atoms with van der Waals surface area (Å²) in [6.45, 7) is 0.161. The molecule has 4 rings (SSSR count). The molecule has 6 nitrogen and oxygen atoms in total. The molecule has 0 atom stereocenters. The number of benzene rings is 2. The van der Waals surface area contributed by atoms with Crippen LogP contribution in [-0.2, 0) is 16.1 Å². The first kappa shape index (κ1) is 19.5. The van der Waals surface area contributed by atoms with E-state index in [-0.39, 0.29) is 28.9 Å². The molecule has 1 amide bonds. The number of carboxylic acids is 1. The van der Waals surface area contributed by atoms with Gasteiger partial charge in [-0.05, 0) is 54.2 Å². The second-order valence-corrected chi connectivity index (χ2v) is 6.83. The van der Waals surface area contributed by atoms with Gasteiger partial charge in [-0.1, -0.05) is 24.3 Å². The monoisotopic (exact) mass is 423 g/mol. The van der Waals surface area contributed by atoms with Gasteiger partial charge in [0.25, 0.3) is 11.1 Å². The number of amides is 1. The van der Waals surface area contributed by atoms with E-state index in [1.807, 2.05) is 0 Å². The highest BCUT2D eigenvalue weighted by molar-refractivity contribution is 7.80. The van der Waals surface area contributed by atoms with Crippen molar-refractivity contribution in [2.24, 2.45) is 0 Å². The van der Waals surface area contributed by atoms with Gasteiger partial charge in [-0.25, -0.2) is 9.18 Å². The number of furan rings is 1. The smallest absolute Gasteiger partial charge is 0.335 e. The SMILES string of the molecule is O=C(O)c1ccc(-c2ccc(/C=C3\OC(=S)N(Cc4ccc(F)cc4)C3=O)o2)cc1. The van der Waals surface area contributed by atoms with E-state index in [1.165, 1.54) is 35.2 Å². The fourth-order valence-electron chi connectivity index (χ4n) is 2.90. The first-order valence-corrected chi connectivity index (χ1v) is 9.25. The van der Waals surface area contributed by atoms with E-state index in [1.54, 1.807) is 36.4 Å². The quantitative estimate of drug-likeness (QED) is 0.482. The number of hydrogen-bond acceptors (Lipinski definition) is 5. The summed E-state index contributed by atoms with van der Waals surface area (Å²) in [5.74, 6) is -0.893. The normalized spacial score (nSPS) is 15.0. The number of rotatable bonds is 5. The van der Waals surface area contributed by atoms with E-state index in [9.17, 15) is 14.0 Å². The summed E-state index contributed by atoms with van der Waals surface area (Å²) in [4.78, 5) is 24.9. The molecule has 1 aromatic heterocycles. The number of aromatic carboxylic acids is 1. The lowest BCUT2D eigenvalue weighted by Crippen LogP contribution is -2.27. The minimum Gasteiger partial charge on any atom is -0.478 e. The average molecular weight is 423 g/mol. The number of halogens is 1. The van der Waals surface area contributed by atoms with Crippen LogP contribution in [0.3, 0.4) is 0 Å². The largest absolute Gasteiger partial charge is 0.478 e. The zero-order valence-corrected chi connectivity index (χ0v) is 16.2. The number of carboxylic acid groups (broad SMARTS) is 1. The molecule has 0 aliphatic carbocycles. The number of ether oxygens (including phenoxy) is 1. The van der Waals surface area contributed by atoms with Gasteiger partial charge < -0.3 is 14.3 Å². The Labute approximate surface area is 175 Å². The van der Waals surface area contributed by atoms with Crippen molar-refractivity contribution < 1.29 is 28.2 Å². The molecular weight excluding hydrogens is 409 g/mol. The van der Waals surface area contributed by atoms with Crippen molar-refractivity contribution in [2.45, 2.75) is 6.54 Å². The van der Waals surface area contributed by atoms with Gasteiger partial charge in [-0.2, -0.15) is 0 Å². The Morgan fingerprint density at radius 3 is 2.43 bits per heavy atom. The highest BCUT2D eigenvalue weighted by Crippen LogP contribution is 2.26. The molecule has 8 heteroatoms. The molecule has 1 N–H and O–H groups in total. The van der Waals surface area contributed by atoms with E-state index in [0.717, 1.165) is 0 Å². The van der Waals surface area contributed by atoms with Gasteiger partial charge in [0, 0.05) is 11.6 Å². The summed E-state index contributed by atoms with van der Waals surface area (Å²) in [5, 5.41) is 8.98. The van der Waals surface area contributed by atoms with E-state index in [0.29, 0.717) is 22.6 Å². The van der Waals surface area contributed by atoms with Crippen LogP contribution in [0.4, 0.5) is 4.39 Å². The Balaban J connectivity index is 1.51. The standard InChI is InChI=1S/C22H14FNO5S/c23-16-7-1-13(2-8-16)12-24-20(25)19(29-22(24)30)11-17-9-10-18(28-17)14-3-5-15(6-4-14)21(26)27/h1-11H,12H2,(H,26,27)/b19-11-. The molecule has 0 saturated carbocycles. The van der Waals surface area contributed by atoms with Crippen LogP contribution in [0.15, 0.2) is 70.8 Å². The molecule has 2 aromatic carbocycles. The predicted molar refractivity (Wildman–Crippen MR) is 110 cm³/mol. The van der Waals surface area contributed by atoms with Gasteiger partial charge in [0.2, 0.25) is 0 Å². The van der Waals surface area contributed by atoms with Crippen LogP contribution in [0.2, 0.25) is 0 Å². The first-order chi connectivity index (χ1) is 14.4. The van der Waals surface area contributed by atoms with Crippen LogP contribution in [0, 0.1) is 5.82 Å². The van der Waals surface area contributed by atoms with Crippen molar-refractivity contribution in [1.29, 1.82) is 0 Å². The summed E-state index contributed by atoms with van der Waals surface area (Å²) in [6, 6.07) is 15.4. The second kappa shape index (κ2) is 7.92. The third-order valence-corrected chi connectivity index (χ3v) is 4.75. The van der Waals surface area contributed by atoms with Crippen molar-refractivity contribution in [3.05, 3.63) is 89.1 Å². The highest BCUT2D eigenvalue weighted by Gasteiger charge is 2.33. The van der Waals surface area contributed by atoms with Crippen molar-refractivity contribution in [3.8, 4) is 11.3 Å². The third-order valence-electron chi connectivity index (χ3n) is 4.44. The Kier molecular flexibility index (Phi) is 5.16. The van der Waals surface area contributed by atoms with Crippen LogP contribution >= 0.6 is 12.2 Å². The maximum atomic E-state index is 13.1. The van der Waals surface area contributed by atoms with Gasteiger partial charge in [-0.15, -0.1) is 0 Å². The third kappa shape index (κ3) is 3.99. The van der Waals surface area contributed by atoms with Crippen molar-refractivity contribution in [3.63, 3.8) is 0 Å². The van der Waals surface area contributed by atoms with Gasteiger partial charge in [0.1, 0.15) is 17.3 Å². The maximum absolute atomic E-state index is 13.1. The van der Waals surface area contributed by atoms with Crippen LogP contribution in [0.1, 0.15) is 21.7 Å². The van der Waals surface area contributed by atoms with E-state index >= 15 is 0 Å². The molecule has 30 heavy (non-hydrogen) atoms. The van der Waals surface area contributed by atoms with Crippen molar-refractivity contribution in [1.82, 2.24) is 4.90 Å². The fraction of sp³-hybridized carbons (Fsp3) is 0.0455. The van der Waals surface area contributed by atoms with E-state index in [2.05, 4.69) is 0 Å². The highest BCUT2D eigenvalue weighted by atomic mass is 32.1. The molecule has 0 unspecified atom stereocenters. The second-order valence-electron chi connectivity index (χ2n) is 6.48. The van der Waals surface area contributed by atoms with Gasteiger partial charge >= 0.3 is 5.97 Å². The van der Waals surface area contributed by atoms with Crippen LogP contribution in [0.25, 0.3) is 17.4 Å². The summed E-state index contributed by atoms with van der Waals surface area (Å²) in [7, 11) is 0. The number of hydrogen-bond donors (Lipinski definition) is 1. The first-order valence-electron chi connectivity index (χ1n) is 8.84. The summed E-state index contributed by atoms with van der Waals surface area (Å²) < 4.78 is 24.2. The zero-order chi connectivity index (χ0) is 21.3. The molecule has 1 fully saturated rings. The number of carbonyl (C=O) groups excluding carboxylic acids is 1. The predicted octanol–water partition coefficient (Wildman–Crippen LogP) is 4.47. The van der Waals surface area contributed by atoms with Crippen LogP contribution < -0.4 is 0 Å². The maximum Gasteiger partial charge on any atom is 0.335 e. The molecule has 2 heterocycles. The summed E-state index contributed by atoms with van der Waals surface area (Å²) in [5.41, 5.74) is 1.58. The molecule has 1 aliphatic rings. The minimum absolute atomic E-state index is 0.00612. The average Bonchev–Trinajstić information content (AvgIpc) is 3.30. The van der Waals surface area contributed by atoms with Gasteiger partial charge in [-0.3, -0.25) is 9.69 Å². The molecule has 150 valence electrons. The number of nitrogens with zero attached hydrogens (tertiary/aromatic N) is 1. The molecule has 1 aliphatic heterocycles. The Morgan fingerprint density at radius 1 is 1.07 bits per heavy atom. The summed E-state index contributed by atoms with van der Waals surface area (Å²) in [6.07, 6.45) is 1.44. The molecule has 0 bridgehead atoms. The molecule has 0 spiro atoms. The zero-order valence-electron chi connectivity index (χ0n) is 15.4. The van der Waals surface area contributed by atoms with E-state index in [4.69, 9.17) is 26.5 Å². The molecular formula is C22H14FNO5S. The lowest BCUT2D eigenvalue weighted by atomic mass is 10.1. The number of carbonyl (C=O) groups is 2. The lowest BCUT2D eigenvalue weighted by Gasteiger charge is -2.12. The topological polar surface area (TPSA) is 80.0 Å². The lowest BCUT2D eigenvalue weighted by molar-refractivity contribution is -0.123. The molecule has 1 saturated heterocycles. The fourth-order valence-corrected chi connectivity index (χ4v) is 3.14.